The monoisotopic (exact) mass is 377 g/mol. The van der Waals surface area contributed by atoms with Crippen LogP contribution < -0.4 is 10.2 Å². The van der Waals surface area contributed by atoms with Gasteiger partial charge in [-0.25, -0.2) is 4.79 Å². The van der Waals surface area contributed by atoms with Crippen LogP contribution in [0, 0.1) is 11.3 Å². The van der Waals surface area contributed by atoms with Gasteiger partial charge >= 0.3 is 5.97 Å². The van der Waals surface area contributed by atoms with Gasteiger partial charge in [0.15, 0.2) is 6.10 Å². The van der Waals surface area contributed by atoms with Crippen LogP contribution in [-0.4, -0.2) is 30.4 Å². The summed E-state index contributed by atoms with van der Waals surface area (Å²) in [7, 11) is 0. The van der Waals surface area contributed by atoms with Crippen molar-refractivity contribution in [3.05, 3.63) is 59.7 Å². The van der Waals surface area contributed by atoms with E-state index >= 15 is 0 Å². The number of hydrogen-bond acceptors (Lipinski definition) is 5. The average molecular weight is 377 g/mol. The number of nitrogens with zero attached hydrogens (tertiary/aromatic N) is 2. The van der Waals surface area contributed by atoms with E-state index in [2.05, 4.69) is 5.32 Å². The minimum Gasteiger partial charge on any atom is -0.449 e. The van der Waals surface area contributed by atoms with E-state index in [1.165, 1.54) is 6.92 Å². The second kappa shape index (κ2) is 8.35. The third kappa shape index (κ3) is 4.18. The molecule has 1 N–H and O–H groups in total. The van der Waals surface area contributed by atoms with Gasteiger partial charge in [0.25, 0.3) is 5.91 Å². The lowest BCUT2D eigenvalue weighted by atomic mass is 10.1. The number of rotatable bonds is 5. The van der Waals surface area contributed by atoms with Gasteiger partial charge in [0, 0.05) is 18.7 Å². The van der Waals surface area contributed by atoms with Gasteiger partial charge in [-0.05, 0) is 49.7 Å². The highest BCUT2D eigenvalue weighted by Crippen LogP contribution is 2.26. The molecule has 0 aliphatic carbocycles. The highest BCUT2D eigenvalue weighted by Gasteiger charge is 2.27. The standard InChI is InChI=1S/C21H19N3O4/c1-14(20(26)23-16-10-8-15(13-22)9-11-16)28-21(27)17-5-2-3-6-18(17)24-12-4-7-19(24)25/h2-3,5-6,8-11,14H,4,7,12H2,1H3,(H,23,26)/t14-/m0/s1. The van der Waals surface area contributed by atoms with Crippen LogP contribution in [-0.2, 0) is 14.3 Å². The third-order valence-electron chi connectivity index (χ3n) is 4.42. The maximum Gasteiger partial charge on any atom is 0.341 e. The maximum atomic E-state index is 12.6. The van der Waals surface area contributed by atoms with Crippen LogP contribution in [0.25, 0.3) is 0 Å². The lowest BCUT2D eigenvalue weighted by molar-refractivity contribution is -0.123. The Balaban J connectivity index is 1.68. The smallest absolute Gasteiger partial charge is 0.341 e. The Kier molecular flexibility index (Phi) is 5.70. The number of para-hydroxylation sites is 1. The molecule has 0 saturated carbocycles. The van der Waals surface area contributed by atoms with Gasteiger partial charge in [-0.3, -0.25) is 9.59 Å². The first-order valence-corrected chi connectivity index (χ1v) is 8.91. The number of amides is 2. The van der Waals surface area contributed by atoms with E-state index in [0.717, 1.165) is 6.42 Å². The molecule has 1 fully saturated rings. The lowest BCUT2D eigenvalue weighted by Crippen LogP contribution is -2.31. The van der Waals surface area contributed by atoms with E-state index in [0.29, 0.717) is 29.9 Å². The molecule has 1 heterocycles. The fraction of sp³-hybridized carbons (Fsp3) is 0.238. The molecule has 0 unspecified atom stereocenters. The molecule has 142 valence electrons. The summed E-state index contributed by atoms with van der Waals surface area (Å²) < 4.78 is 5.31. The van der Waals surface area contributed by atoms with Crippen LogP contribution in [0.5, 0.6) is 0 Å². The average Bonchev–Trinajstić information content (AvgIpc) is 3.14. The number of nitrogens with one attached hydrogen (secondary N) is 1. The van der Waals surface area contributed by atoms with Crippen molar-refractivity contribution >= 4 is 29.2 Å². The summed E-state index contributed by atoms with van der Waals surface area (Å²) in [5.74, 6) is -1.20. The van der Waals surface area contributed by atoms with Gasteiger partial charge in [-0.1, -0.05) is 12.1 Å². The van der Waals surface area contributed by atoms with E-state index in [9.17, 15) is 14.4 Å². The normalized spacial score (nSPS) is 14.3. The number of hydrogen-bond donors (Lipinski definition) is 1. The highest BCUT2D eigenvalue weighted by atomic mass is 16.5. The summed E-state index contributed by atoms with van der Waals surface area (Å²) in [5.41, 5.74) is 1.71. The predicted octanol–water partition coefficient (Wildman–Crippen LogP) is 2.87. The molecular weight excluding hydrogens is 358 g/mol. The third-order valence-corrected chi connectivity index (χ3v) is 4.42. The first-order valence-electron chi connectivity index (χ1n) is 8.91. The Morgan fingerprint density at radius 3 is 2.54 bits per heavy atom. The van der Waals surface area contributed by atoms with Crippen molar-refractivity contribution in [2.75, 3.05) is 16.8 Å². The summed E-state index contributed by atoms with van der Waals surface area (Å²) in [4.78, 5) is 38.5. The van der Waals surface area contributed by atoms with Crippen LogP contribution in [0.2, 0.25) is 0 Å². The fourth-order valence-corrected chi connectivity index (χ4v) is 2.93. The molecule has 1 atom stereocenters. The second-order valence-corrected chi connectivity index (χ2v) is 6.39. The van der Waals surface area contributed by atoms with Crippen molar-refractivity contribution in [1.82, 2.24) is 0 Å². The molecular formula is C21H19N3O4. The van der Waals surface area contributed by atoms with Crippen molar-refractivity contribution < 1.29 is 19.1 Å². The number of carbonyl (C=O) groups is 3. The van der Waals surface area contributed by atoms with Crippen LogP contribution >= 0.6 is 0 Å². The molecule has 2 amide bonds. The zero-order valence-electron chi connectivity index (χ0n) is 15.3. The molecule has 0 bridgehead atoms. The molecule has 7 heteroatoms. The first-order chi connectivity index (χ1) is 13.5. The van der Waals surface area contributed by atoms with Gasteiger partial charge in [0.1, 0.15) is 0 Å². The molecule has 0 radical (unpaired) electrons. The Morgan fingerprint density at radius 1 is 1.18 bits per heavy atom. The Hall–Kier alpha value is -3.66. The minimum absolute atomic E-state index is 0.0353. The number of ether oxygens (including phenoxy) is 1. The highest BCUT2D eigenvalue weighted by molar-refractivity contribution is 6.04. The van der Waals surface area contributed by atoms with Crippen molar-refractivity contribution in [1.29, 1.82) is 5.26 Å². The largest absolute Gasteiger partial charge is 0.449 e. The summed E-state index contributed by atoms with van der Waals surface area (Å²) in [6.45, 7) is 2.03. The first kappa shape index (κ1) is 19.1. The van der Waals surface area contributed by atoms with Crippen LogP contribution in [0.4, 0.5) is 11.4 Å². The topological polar surface area (TPSA) is 99.5 Å². The van der Waals surface area contributed by atoms with Gasteiger partial charge in [-0.15, -0.1) is 0 Å². The Labute approximate surface area is 162 Å². The van der Waals surface area contributed by atoms with Crippen LogP contribution in [0.1, 0.15) is 35.7 Å². The maximum absolute atomic E-state index is 12.6. The van der Waals surface area contributed by atoms with Crippen molar-refractivity contribution in [2.45, 2.75) is 25.9 Å². The van der Waals surface area contributed by atoms with Crippen molar-refractivity contribution in [3.8, 4) is 6.07 Å². The summed E-state index contributed by atoms with van der Waals surface area (Å²) in [6.07, 6.45) is 0.156. The number of esters is 1. The molecule has 0 spiro atoms. The Bertz CT molecular complexity index is 947. The Morgan fingerprint density at radius 2 is 1.89 bits per heavy atom. The number of nitriles is 1. The number of carbonyl (C=O) groups excluding carboxylic acids is 3. The van der Waals surface area contributed by atoms with Gasteiger partial charge in [0.05, 0.1) is 22.9 Å². The summed E-state index contributed by atoms with van der Waals surface area (Å²) >= 11 is 0. The summed E-state index contributed by atoms with van der Waals surface area (Å²) in [6, 6.07) is 15.1. The van der Waals surface area contributed by atoms with Crippen molar-refractivity contribution in [3.63, 3.8) is 0 Å². The minimum atomic E-state index is -1.04. The molecule has 2 aromatic rings. The lowest BCUT2D eigenvalue weighted by Gasteiger charge is -2.20. The predicted molar refractivity (Wildman–Crippen MR) is 103 cm³/mol. The molecule has 1 saturated heterocycles. The van der Waals surface area contributed by atoms with E-state index in [-0.39, 0.29) is 11.5 Å². The van der Waals surface area contributed by atoms with Gasteiger partial charge in [-0.2, -0.15) is 5.26 Å². The molecule has 2 aromatic carbocycles. The molecule has 0 aromatic heterocycles. The van der Waals surface area contributed by atoms with E-state index in [4.69, 9.17) is 10.00 Å². The second-order valence-electron chi connectivity index (χ2n) is 6.39. The van der Waals surface area contributed by atoms with Crippen molar-refractivity contribution in [2.24, 2.45) is 0 Å². The quantitative estimate of drug-likeness (QED) is 0.808. The zero-order chi connectivity index (χ0) is 20.1. The van der Waals surface area contributed by atoms with E-state index in [1.54, 1.807) is 53.4 Å². The summed E-state index contributed by atoms with van der Waals surface area (Å²) in [5, 5.41) is 11.4. The van der Waals surface area contributed by atoms with Crippen LogP contribution in [0.3, 0.4) is 0 Å². The molecule has 1 aliphatic rings. The SMILES string of the molecule is C[C@H](OC(=O)c1ccccc1N1CCCC1=O)C(=O)Nc1ccc(C#N)cc1. The van der Waals surface area contributed by atoms with E-state index in [1.807, 2.05) is 6.07 Å². The molecule has 3 rings (SSSR count). The molecule has 1 aliphatic heterocycles. The van der Waals surface area contributed by atoms with Gasteiger partial charge < -0.3 is 15.0 Å². The number of anilines is 2. The molecule has 28 heavy (non-hydrogen) atoms. The zero-order valence-corrected chi connectivity index (χ0v) is 15.3. The number of benzene rings is 2. The van der Waals surface area contributed by atoms with E-state index < -0.39 is 18.0 Å². The molecule has 7 nitrogen and oxygen atoms in total. The fourth-order valence-electron chi connectivity index (χ4n) is 2.93. The van der Waals surface area contributed by atoms with Gasteiger partial charge in [0.2, 0.25) is 5.91 Å². The van der Waals surface area contributed by atoms with Crippen LogP contribution in [0.15, 0.2) is 48.5 Å².